The smallest absolute Gasteiger partial charge is 0.166 e. The lowest BCUT2D eigenvalue weighted by Crippen LogP contribution is -2.09. The van der Waals surface area contributed by atoms with E-state index in [2.05, 4.69) is 16.8 Å². The van der Waals surface area contributed by atoms with Crippen molar-refractivity contribution in [3.63, 3.8) is 0 Å². The van der Waals surface area contributed by atoms with E-state index in [-0.39, 0.29) is 28.7 Å². The molecule has 0 saturated heterocycles. The predicted molar refractivity (Wildman–Crippen MR) is 85.0 cm³/mol. The first-order valence-corrected chi connectivity index (χ1v) is 7.06. The molecule has 2 aromatic rings. The summed E-state index contributed by atoms with van der Waals surface area (Å²) in [6.45, 7) is 1.72. The van der Waals surface area contributed by atoms with E-state index in [1.165, 1.54) is 13.1 Å². The number of halogens is 3. The molecule has 120 valence electrons. The van der Waals surface area contributed by atoms with Crippen molar-refractivity contribution in [2.75, 3.05) is 12.3 Å². The molecule has 0 spiro atoms. The first-order chi connectivity index (χ1) is 10.9. The zero-order valence-electron chi connectivity index (χ0n) is 12.2. The van der Waals surface area contributed by atoms with Gasteiger partial charge < -0.3 is 16.2 Å². The fraction of sp³-hybridized carbons (Fsp3) is 0.188. The number of ether oxygens (including phenoxy) is 1. The van der Waals surface area contributed by atoms with Crippen molar-refractivity contribution in [3.05, 3.63) is 52.2 Å². The molecule has 1 atom stereocenters. The largest absolute Gasteiger partial charge is 0.482 e. The number of anilines is 1. The first-order valence-electron chi connectivity index (χ1n) is 6.68. The zero-order chi connectivity index (χ0) is 17.0. The van der Waals surface area contributed by atoms with Crippen LogP contribution in [0.4, 0.5) is 14.6 Å². The molecular weight excluding hydrogens is 324 g/mol. The molecule has 1 aromatic carbocycles. The molecule has 1 unspecified atom stereocenters. The number of hydrogen-bond acceptors (Lipinski definition) is 4. The second kappa shape index (κ2) is 7.27. The first kappa shape index (κ1) is 17.0. The average Bonchev–Trinajstić information content (AvgIpc) is 2.52. The standard InChI is InChI=1S/C16H14ClF2N3O/c1-9(14-11(18)4-5-12(19)15(14)17)23-13-7-10(3-2-6-20)8-22-16(13)21/h4-5,7-9H,6,20H2,1H3,(H2,21,22). The number of nitrogen functional groups attached to an aromatic ring is 1. The minimum atomic E-state index is -0.875. The zero-order valence-corrected chi connectivity index (χ0v) is 13.0. The highest BCUT2D eigenvalue weighted by molar-refractivity contribution is 6.31. The number of rotatable bonds is 3. The molecule has 1 heterocycles. The molecule has 7 heteroatoms. The van der Waals surface area contributed by atoms with Gasteiger partial charge in [-0.2, -0.15) is 0 Å². The maximum Gasteiger partial charge on any atom is 0.166 e. The van der Waals surface area contributed by atoms with Crippen LogP contribution in [0, 0.1) is 23.5 Å². The molecule has 0 fully saturated rings. The Morgan fingerprint density at radius 2 is 2.04 bits per heavy atom. The predicted octanol–water partition coefficient (Wildman–Crippen LogP) is 3.05. The van der Waals surface area contributed by atoms with Crippen LogP contribution >= 0.6 is 11.6 Å². The normalized spacial score (nSPS) is 11.5. The summed E-state index contributed by atoms with van der Waals surface area (Å²) in [4.78, 5) is 3.95. The summed E-state index contributed by atoms with van der Waals surface area (Å²) in [7, 11) is 0. The average molecular weight is 338 g/mol. The van der Waals surface area contributed by atoms with E-state index in [1.807, 2.05) is 0 Å². The Kier molecular flexibility index (Phi) is 5.37. The van der Waals surface area contributed by atoms with Gasteiger partial charge in [-0.3, -0.25) is 0 Å². The van der Waals surface area contributed by atoms with Crippen LogP contribution in [-0.2, 0) is 0 Å². The number of hydrogen-bond donors (Lipinski definition) is 2. The lowest BCUT2D eigenvalue weighted by molar-refractivity contribution is 0.221. The van der Waals surface area contributed by atoms with E-state index in [4.69, 9.17) is 27.8 Å². The Hall–Kier alpha value is -2.36. The SMILES string of the molecule is CC(Oc1cc(C#CCN)cnc1N)c1c(F)ccc(F)c1Cl. The van der Waals surface area contributed by atoms with E-state index in [1.54, 1.807) is 6.07 Å². The second-order valence-electron chi connectivity index (χ2n) is 4.63. The van der Waals surface area contributed by atoms with E-state index < -0.39 is 17.7 Å². The summed E-state index contributed by atoms with van der Waals surface area (Å²) in [6, 6.07) is 3.49. The van der Waals surface area contributed by atoms with Crippen molar-refractivity contribution < 1.29 is 13.5 Å². The Morgan fingerprint density at radius 3 is 2.74 bits per heavy atom. The molecule has 0 radical (unpaired) electrons. The molecule has 2 rings (SSSR count). The number of pyridine rings is 1. The topological polar surface area (TPSA) is 74.2 Å². The third kappa shape index (κ3) is 3.89. The van der Waals surface area contributed by atoms with E-state index >= 15 is 0 Å². The maximum atomic E-state index is 13.9. The van der Waals surface area contributed by atoms with Crippen molar-refractivity contribution in [2.24, 2.45) is 5.73 Å². The van der Waals surface area contributed by atoms with Gasteiger partial charge in [-0.05, 0) is 19.1 Å². The summed E-state index contributed by atoms with van der Waals surface area (Å²) in [6.07, 6.45) is 0.589. The molecule has 23 heavy (non-hydrogen) atoms. The molecule has 0 amide bonds. The summed E-state index contributed by atoms with van der Waals surface area (Å²) in [5.74, 6) is 4.35. The van der Waals surface area contributed by atoms with Gasteiger partial charge in [-0.25, -0.2) is 13.8 Å². The molecule has 0 bridgehead atoms. The van der Waals surface area contributed by atoms with Crippen LogP contribution in [0.15, 0.2) is 24.4 Å². The van der Waals surface area contributed by atoms with Gasteiger partial charge in [0.25, 0.3) is 0 Å². The Labute approximate surface area is 137 Å². The highest BCUT2D eigenvalue weighted by Gasteiger charge is 2.20. The van der Waals surface area contributed by atoms with Gasteiger partial charge >= 0.3 is 0 Å². The van der Waals surface area contributed by atoms with Crippen LogP contribution in [0.5, 0.6) is 5.75 Å². The lowest BCUT2D eigenvalue weighted by Gasteiger charge is -2.18. The highest BCUT2D eigenvalue weighted by atomic mass is 35.5. The van der Waals surface area contributed by atoms with Gasteiger partial charge in [-0.1, -0.05) is 23.4 Å². The second-order valence-corrected chi connectivity index (χ2v) is 5.01. The van der Waals surface area contributed by atoms with E-state index in [9.17, 15) is 8.78 Å². The minimum Gasteiger partial charge on any atom is -0.482 e. The van der Waals surface area contributed by atoms with Gasteiger partial charge in [0.2, 0.25) is 0 Å². The van der Waals surface area contributed by atoms with E-state index in [0.717, 1.165) is 12.1 Å². The fourth-order valence-corrected chi connectivity index (χ4v) is 2.24. The monoisotopic (exact) mass is 337 g/mol. The van der Waals surface area contributed by atoms with Crippen LogP contribution in [0.3, 0.4) is 0 Å². The molecule has 0 aliphatic heterocycles. The molecular formula is C16H14ClF2N3O. The van der Waals surface area contributed by atoms with Gasteiger partial charge in [0, 0.05) is 23.4 Å². The van der Waals surface area contributed by atoms with Gasteiger partial charge in [0.1, 0.15) is 17.7 Å². The van der Waals surface area contributed by atoms with E-state index in [0.29, 0.717) is 5.56 Å². The number of aromatic nitrogens is 1. The number of nitrogens with zero attached hydrogens (tertiary/aromatic N) is 1. The molecule has 0 saturated carbocycles. The molecule has 4 nitrogen and oxygen atoms in total. The van der Waals surface area contributed by atoms with Gasteiger partial charge in [0.15, 0.2) is 11.6 Å². The Bertz CT molecular complexity index is 787. The van der Waals surface area contributed by atoms with Crippen LogP contribution in [0.1, 0.15) is 24.2 Å². The third-order valence-corrected chi connectivity index (χ3v) is 3.39. The molecule has 1 aromatic heterocycles. The van der Waals surface area contributed by atoms with Gasteiger partial charge in [0.05, 0.1) is 11.6 Å². The highest BCUT2D eigenvalue weighted by Crippen LogP contribution is 2.33. The van der Waals surface area contributed by atoms with Crippen molar-refractivity contribution in [1.82, 2.24) is 4.98 Å². The molecule has 4 N–H and O–H groups in total. The van der Waals surface area contributed by atoms with Crippen molar-refractivity contribution in [2.45, 2.75) is 13.0 Å². The third-order valence-electron chi connectivity index (χ3n) is 3.01. The molecule has 0 aliphatic carbocycles. The van der Waals surface area contributed by atoms with Crippen molar-refractivity contribution in [3.8, 4) is 17.6 Å². The van der Waals surface area contributed by atoms with Gasteiger partial charge in [-0.15, -0.1) is 0 Å². The number of nitrogens with two attached hydrogens (primary N) is 2. The fourth-order valence-electron chi connectivity index (χ4n) is 1.94. The summed E-state index contributed by atoms with van der Waals surface area (Å²) in [5.41, 5.74) is 11.5. The van der Waals surface area contributed by atoms with Crippen LogP contribution < -0.4 is 16.2 Å². The van der Waals surface area contributed by atoms with Crippen molar-refractivity contribution in [1.29, 1.82) is 0 Å². The maximum absolute atomic E-state index is 13.9. The van der Waals surface area contributed by atoms with Crippen LogP contribution in [0.2, 0.25) is 5.02 Å². The summed E-state index contributed by atoms with van der Waals surface area (Å²) >= 11 is 5.82. The lowest BCUT2D eigenvalue weighted by atomic mass is 10.1. The number of benzene rings is 1. The molecule has 0 aliphatic rings. The summed E-state index contributed by atoms with van der Waals surface area (Å²) < 4.78 is 33.0. The Morgan fingerprint density at radius 1 is 1.35 bits per heavy atom. The van der Waals surface area contributed by atoms with Crippen LogP contribution in [0.25, 0.3) is 0 Å². The minimum absolute atomic E-state index is 0.0930. The quantitative estimate of drug-likeness (QED) is 0.667. The van der Waals surface area contributed by atoms with Crippen molar-refractivity contribution >= 4 is 17.4 Å². The Balaban J connectivity index is 2.34. The summed E-state index contributed by atoms with van der Waals surface area (Å²) in [5, 5.41) is -0.330. The van der Waals surface area contributed by atoms with Crippen LogP contribution in [-0.4, -0.2) is 11.5 Å².